The molecule has 25 atom stereocenters. The third kappa shape index (κ3) is 6.94. The summed E-state index contributed by atoms with van der Waals surface area (Å²) in [5.41, 5.74) is -3.35. The standard InChI is InChI=1S/C46H76O17/c1-20-28(50)31(53)33(55)38(59-20)62-34-30(52)23(49)18-58-39(34)61-26-10-12-46-19-45(46)14-13-42(6)35(44(8)11-9-27(63-44)41(4,5)56)21(47)16-43(42,7)25(45)15-24(36(46)40(26,2)3)60-37-32(54)29(51)22(48)17-57-37/h20-39,47-56H,9-19H2,1-8H3/t20-,21+,22+,23+,24+,25?,26?,27-,28-,29-,30-,31+,32+,33+,34+,35-,36?,37-,38-,39-,42+,43-,44+,45?,46+/m0/s1. The number of aliphatic hydroxyl groups excluding tert-OH is 9. The monoisotopic (exact) mass is 901 g/mol. The van der Waals surface area contributed by atoms with Gasteiger partial charge in [-0.2, -0.15) is 0 Å². The molecule has 4 aliphatic heterocycles. The predicted molar refractivity (Wildman–Crippen MR) is 219 cm³/mol. The highest BCUT2D eigenvalue weighted by atomic mass is 16.8. The van der Waals surface area contributed by atoms with E-state index in [0.29, 0.717) is 25.7 Å². The van der Waals surface area contributed by atoms with E-state index in [2.05, 4.69) is 34.6 Å². The molecule has 0 amide bonds. The topological polar surface area (TPSA) is 267 Å². The fourth-order valence-corrected chi connectivity index (χ4v) is 16.0. The highest BCUT2D eigenvalue weighted by Crippen LogP contribution is 2.89. The fourth-order valence-electron chi connectivity index (χ4n) is 16.0. The van der Waals surface area contributed by atoms with Crippen molar-refractivity contribution in [2.45, 2.75) is 229 Å². The molecule has 0 radical (unpaired) electrons. The summed E-state index contributed by atoms with van der Waals surface area (Å²) in [6, 6.07) is 0. The summed E-state index contributed by atoms with van der Waals surface area (Å²) < 4.78 is 44.4. The average Bonchev–Trinajstić information content (AvgIpc) is 3.57. The van der Waals surface area contributed by atoms with Crippen LogP contribution in [0.4, 0.5) is 0 Å². The van der Waals surface area contributed by atoms with E-state index in [9.17, 15) is 51.1 Å². The molecular weight excluding hydrogens is 824 g/mol. The van der Waals surface area contributed by atoms with Gasteiger partial charge in [-0.3, -0.25) is 0 Å². The quantitative estimate of drug-likeness (QED) is 0.146. The Hall–Kier alpha value is -0.680. The smallest absolute Gasteiger partial charge is 0.187 e. The van der Waals surface area contributed by atoms with Crippen LogP contribution in [0.1, 0.15) is 113 Å². The molecule has 9 rings (SSSR count). The number of hydrogen-bond donors (Lipinski definition) is 10. The van der Waals surface area contributed by atoms with Crippen LogP contribution >= 0.6 is 0 Å². The molecule has 0 aromatic heterocycles. The molecule has 0 aromatic rings. The minimum Gasteiger partial charge on any atom is -0.393 e. The first kappa shape index (κ1) is 47.4. The van der Waals surface area contributed by atoms with Crippen LogP contribution in [0.15, 0.2) is 0 Å². The van der Waals surface area contributed by atoms with E-state index in [0.717, 1.165) is 32.1 Å². The Morgan fingerprint density at radius 1 is 0.603 bits per heavy atom. The van der Waals surface area contributed by atoms with Gasteiger partial charge < -0.3 is 84.2 Å². The number of rotatable bonds is 8. The van der Waals surface area contributed by atoms with Crippen molar-refractivity contribution in [3.63, 3.8) is 0 Å². The van der Waals surface area contributed by atoms with Crippen molar-refractivity contribution in [1.82, 2.24) is 0 Å². The molecule has 362 valence electrons. The Morgan fingerprint density at radius 2 is 1.25 bits per heavy atom. The Morgan fingerprint density at radius 3 is 1.92 bits per heavy atom. The normalized spacial score (nSPS) is 59.0. The number of fused-ring (bicyclic) bond motifs is 2. The van der Waals surface area contributed by atoms with Gasteiger partial charge in [-0.05, 0) is 124 Å². The van der Waals surface area contributed by atoms with E-state index in [1.54, 1.807) is 13.8 Å². The number of hydrogen-bond acceptors (Lipinski definition) is 17. The Balaban J connectivity index is 1.03. The summed E-state index contributed by atoms with van der Waals surface area (Å²) >= 11 is 0. The molecular formula is C46H76O17. The molecule has 2 spiro atoms. The molecule has 0 bridgehead atoms. The van der Waals surface area contributed by atoms with Gasteiger partial charge in [0.2, 0.25) is 0 Å². The highest BCUT2D eigenvalue weighted by molar-refractivity contribution is 5.33. The first-order chi connectivity index (χ1) is 29.3. The van der Waals surface area contributed by atoms with Gasteiger partial charge in [-0.15, -0.1) is 0 Å². The summed E-state index contributed by atoms with van der Waals surface area (Å²) in [5.74, 6) is -0.264. The second kappa shape index (κ2) is 15.7. The van der Waals surface area contributed by atoms with Crippen molar-refractivity contribution in [1.29, 1.82) is 0 Å². The van der Waals surface area contributed by atoms with Crippen molar-refractivity contribution in [3.05, 3.63) is 0 Å². The molecule has 5 aliphatic carbocycles. The first-order valence-corrected chi connectivity index (χ1v) is 23.6. The predicted octanol–water partition coefficient (Wildman–Crippen LogP) is 0.215. The Kier molecular flexibility index (Phi) is 11.8. The molecule has 10 N–H and O–H groups in total. The average molecular weight is 901 g/mol. The first-order valence-electron chi connectivity index (χ1n) is 23.6. The molecule has 9 fully saturated rings. The van der Waals surface area contributed by atoms with Gasteiger partial charge >= 0.3 is 0 Å². The summed E-state index contributed by atoms with van der Waals surface area (Å²) in [6.45, 7) is 15.6. The maximum Gasteiger partial charge on any atom is 0.187 e. The van der Waals surface area contributed by atoms with Gasteiger partial charge in [0.15, 0.2) is 18.9 Å². The second-order valence-corrected chi connectivity index (χ2v) is 23.4. The maximum absolute atomic E-state index is 12.3. The SMILES string of the molecule is C[C@@H]1O[C@@H](O[C@H]2[C@H](OC3CC[C@]45CC46CC[C@]4(C)[C@@H]([C@@]7(C)CC[C@@H](C(C)(C)O)O7)[C@H](O)C[C@@]4(C)C6C[C@@H](O[C@@H]4OC[C@@H](O)[C@H](O)[C@H]4O)C5C3(C)C)OC[C@@H](O)[C@@H]2O)[C@H](O)[C@H](O)[C@H]1O. The molecule has 4 heterocycles. The summed E-state index contributed by atoms with van der Waals surface area (Å²) in [7, 11) is 0. The zero-order valence-corrected chi connectivity index (χ0v) is 38.2. The molecule has 17 nitrogen and oxygen atoms in total. The summed E-state index contributed by atoms with van der Waals surface area (Å²) in [4.78, 5) is 0. The molecule has 5 saturated carbocycles. The zero-order valence-electron chi connectivity index (χ0n) is 38.2. The van der Waals surface area contributed by atoms with E-state index >= 15 is 0 Å². The van der Waals surface area contributed by atoms with Crippen molar-refractivity contribution in [3.8, 4) is 0 Å². The lowest BCUT2D eigenvalue weighted by Gasteiger charge is -2.65. The van der Waals surface area contributed by atoms with E-state index in [-0.39, 0.29) is 58.7 Å². The molecule has 0 aromatic carbocycles. The lowest BCUT2D eigenvalue weighted by molar-refractivity contribution is -0.366. The lowest BCUT2D eigenvalue weighted by Crippen LogP contribution is -2.65. The summed E-state index contributed by atoms with van der Waals surface area (Å²) in [5, 5.41) is 109. The largest absolute Gasteiger partial charge is 0.393 e. The molecule has 4 saturated heterocycles. The third-order valence-corrected chi connectivity index (χ3v) is 19.3. The van der Waals surface area contributed by atoms with E-state index in [1.807, 2.05) is 0 Å². The minimum atomic E-state index is -1.67. The van der Waals surface area contributed by atoms with Crippen LogP contribution in [0.5, 0.6) is 0 Å². The highest BCUT2D eigenvalue weighted by Gasteiger charge is 2.85. The van der Waals surface area contributed by atoms with Gasteiger partial charge in [0, 0.05) is 5.92 Å². The van der Waals surface area contributed by atoms with Crippen LogP contribution in [0.25, 0.3) is 0 Å². The van der Waals surface area contributed by atoms with Gasteiger partial charge in [0.25, 0.3) is 0 Å². The second-order valence-electron chi connectivity index (χ2n) is 23.4. The molecule has 9 aliphatic rings. The van der Waals surface area contributed by atoms with Gasteiger partial charge in [-0.25, -0.2) is 0 Å². The van der Waals surface area contributed by atoms with Gasteiger partial charge in [-0.1, -0.05) is 27.7 Å². The lowest BCUT2D eigenvalue weighted by atomic mass is 9.41. The van der Waals surface area contributed by atoms with Crippen molar-refractivity contribution in [2.24, 2.45) is 44.8 Å². The van der Waals surface area contributed by atoms with Crippen molar-refractivity contribution < 1.29 is 84.2 Å². The van der Waals surface area contributed by atoms with Crippen LogP contribution in [0, 0.1) is 44.8 Å². The van der Waals surface area contributed by atoms with Crippen molar-refractivity contribution in [2.75, 3.05) is 13.2 Å². The Bertz CT molecular complexity index is 1700. The summed E-state index contributed by atoms with van der Waals surface area (Å²) in [6.07, 6.45) is -13.3. The van der Waals surface area contributed by atoms with Crippen LogP contribution in [-0.2, 0) is 33.2 Å². The van der Waals surface area contributed by atoms with Crippen LogP contribution in [-0.4, -0.2) is 180 Å². The van der Waals surface area contributed by atoms with Crippen molar-refractivity contribution >= 4 is 0 Å². The Labute approximate surface area is 370 Å². The molecule has 63 heavy (non-hydrogen) atoms. The minimum absolute atomic E-state index is 0.0959. The van der Waals surface area contributed by atoms with Gasteiger partial charge in [0.05, 0.1) is 54.9 Å². The van der Waals surface area contributed by atoms with Crippen LogP contribution < -0.4 is 0 Å². The molecule has 4 unspecified atom stereocenters. The van der Waals surface area contributed by atoms with E-state index in [4.69, 9.17) is 33.2 Å². The van der Waals surface area contributed by atoms with Crippen LogP contribution in [0.3, 0.4) is 0 Å². The maximum atomic E-state index is 12.3. The number of aliphatic hydroxyl groups is 10. The molecule has 17 heteroatoms. The third-order valence-electron chi connectivity index (χ3n) is 19.3. The zero-order chi connectivity index (χ0) is 45.8. The van der Waals surface area contributed by atoms with E-state index in [1.165, 1.54) is 6.92 Å². The fraction of sp³-hybridized carbons (Fsp3) is 1.00. The van der Waals surface area contributed by atoms with Gasteiger partial charge in [0.1, 0.15) is 54.9 Å². The van der Waals surface area contributed by atoms with Crippen LogP contribution in [0.2, 0.25) is 0 Å². The number of ether oxygens (including phenoxy) is 7. The van der Waals surface area contributed by atoms with E-state index < -0.39 is 115 Å².